The van der Waals surface area contributed by atoms with Gasteiger partial charge in [-0.15, -0.1) is 0 Å². The predicted molar refractivity (Wildman–Crippen MR) is 51.5 cm³/mol. The summed E-state index contributed by atoms with van der Waals surface area (Å²) < 4.78 is 5.35. The molecule has 0 aromatic carbocycles. The summed E-state index contributed by atoms with van der Waals surface area (Å²) >= 11 is 0. The quantitative estimate of drug-likeness (QED) is 0.711. The Labute approximate surface area is 80.3 Å². The molecule has 1 aliphatic carbocycles. The summed E-state index contributed by atoms with van der Waals surface area (Å²) in [6, 6.07) is 0. The molecule has 1 aliphatic heterocycles. The molecule has 1 saturated carbocycles. The minimum absolute atomic E-state index is 0.0191. The fourth-order valence-corrected chi connectivity index (χ4v) is 2.66. The Morgan fingerprint density at radius 1 is 1.15 bits per heavy atom. The van der Waals surface area contributed by atoms with E-state index >= 15 is 0 Å². The lowest BCUT2D eigenvalue weighted by atomic mass is 9.80. The molecule has 1 N–H and O–H groups in total. The number of aliphatic hydroxyl groups excluding tert-OH is 1. The van der Waals surface area contributed by atoms with E-state index in [0.29, 0.717) is 5.92 Å². The summed E-state index contributed by atoms with van der Waals surface area (Å²) in [5, 5.41) is 9.79. The Balaban J connectivity index is 1.78. The van der Waals surface area contributed by atoms with Crippen LogP contribution in [0.3, 0.4) is 0 Å². The maximum atomic E-state index is 9.79. The Kier molecular flexibility index (Phi) is 3.23. The SMILES string of the molecule is OC1CCCCC1CC1CCOC1. The molecule has 2 rings (SSSR count). The fourth-order valence-electron chi connectivity index (χ4n) is 2.66. The van der Waals surface area contributed by atoms with Gasteiger partial charge in [0.15, 0.2) is 0 Å². The highest BCUT2D eigenvalue weighted by molar-refractivity contribution is 4.78. The van der Waals surface area contributed by atoms with Gasteiger partial charge in [0.2, 0.25) is 0 Å². The predicted octanol–water partition coefficient (Wildman–Crippen LogP) is 1.96. The van der Waals surface area contributed by atoms with Crippen molar-refractivity contribution in [2.45, 2.75) is 44.6 Å². The average molecular weight is 184 g/mol. The lowest BCUT2D eigenvalue weighted by Gasteiger charge is -2.29. The van der Waals surface area contributed by atoms with Crippen LogP contribution in [-0.4, -0.2) is 24.4 Å². The summed E-state index contributed by atoms with van der Waals surface area (Å²) in [4.78, 5) is 0. The Morgan fingerprint density at radius 3 is 2.69 bits per heavy atom. The molecule has 0 aromatic heterocycles. The van der Waals surface area contributed by atoms with E-state index in [0.717, 1.165) is 25.6 Å². The molecular weight excluding hydrogens is 164 g/mol. The zero-order valence-corrected chi connectivity index (χ0v) is 8.24. The molecule has 2 fully saturated rings. The maximum absolute atomic E-state index is 9.79. The van der Waals surface area contributed by atoms with E-state index in [9.17, 15) is 5.11 Å². The topological polar surface area (TPSA) is 29.5 Å². The van der Waals surface area contributed by atoms with Gasteiger partial charge in [0.25, 0.3) is 0 Å². The van der Waals surface area contributed by atoms with E-state index in [1.54, 1.807) is 0 Å². The van der Waals surface area contributed by atoms with Crippen molar-refractivity contribution in [3.8, 4) is 0 Å². The molecule has 0 aromatic rings. The Bertz CT molecular complexity index is 152. The summed E-state index contributed by atoms with van der Waals surface area (Å²) in [6.45, 7) is 1.87. The molecule has 76 valence electrons. The van der Waals surface area contributed by atoms with Crippen molar-refractivity contribution in [3.05, 3.63) is 0 Å². The molecule has 0 bridgehead atoms. The van der Waals surface area contributed by atoms with Crippen LogP contribution in [0.15, 0.2) is 0 Å². The second-order valence-electron chi connectivity index (χ2n) is 4.58. The van der Waals surface area contributed by atoms with Crippen molar-refractivity contribution >= 4 is 0 Å². The molecule has 1 saturated heterocycles. The largest absolute Gasteiger partial charge is 0.393 e. The normalized spacial score (nSPS) is 40.8. The van der Waals surface area contributed by atoms with Crippen LogP contribution in [-0.2, 0) is 4.74 Å². The first-order valence-corrected chi connectivity index (χ1v) is 5.62. The third-order valence-corrected chi connectivity index (χ3v) is 3.53. The van der Waals surface area contributed by atoms with E-state index in [-0.39, 0.29) is 6.10 Å². The van der Waals surface area contributed by atoms with Crippen molar-refractivity contribution in [1.29, 1.82) is 0 Å². The summed E-state index contributed by atoms with van der Waals surface area (Å²) in [7, 11) is 0. The molecule has 1 heterocycles. The van der Waals surface area contributed by atoms with E-state index in [4.69, 9.17) is 4.74 Å². The van der Waals surface area contributed by atoms with Crippen LogP contribution in [0.1, 0.15) is 38.5 Å². The fraction of sp³-hybridized carbons (Fsp3) is 1.00. The first-order valence-electron chi connectivity index (χ1n) is 5.62. The first-order chi connectivity index (χ1) is 6.36. The number of aliphatic hydroxyl groups is 1. The van der Waals surface area contributed by atoms with Gasteiger partial charge in [0.1, 0.15) is 0 Å². The number of ether oxygens (including phenoxy) is 1. The van der Waals surface area contributed by atoms with Gasteiger partial charge in [-0.3, -0.25) is 0 Å². The average Bonchev–Trinajstić information content (AvgIpc) is 2.61. The number of hydrogen-bond donors (Lipinski definition) is 1. The summed E-state index contributed by atoms with van der Waals surface area (Å²) in [5.41, 5.74) is 0. The highest BCUT2D eigenvalue weighted by atomic mass is 16.5. The standard InChI is InChI=1S/C11H20O2/c12-11-4-2-1-3-10(11)7-9-5-6-13-8-9/h9-12H,1-8H2. The summed E-state index contributed by atoms with van der Waals surface area (Å²) in [5.74, 6) is 1.30. The van der Waals surface area contributed by atoms with Gasteiger partial charge >= 0.3 is 0 Å². The summed E-state index contributed by atoms with van der Waals surface area (Å²) in [6.07, 6.45) is 7.18. The molecule has 3 atom stereocenters. The van der Waals surface area contributed by atoms with Gasteiger partial charge in [-0.2, -0.15) is 0 Å². The van der Waals surface area contributed by atoms with Crippen LogP contribution >= 0.6 is 0 Å². The van der Waals surface area contributed by atoms with Crippen molar-refractivity contribution in [2.24, 2.45) is 11.8 Å². The first kappa shape index (κ1) is 9.47. The lowest BCUT2D eigenvalue weighted by Crippen LogP contribution is -2.26. The van der Waals surface area contributed by atoms with Crippen LogP contribution in [0.2, 0.25) is 0 Å². The molecule has 0 spiro atoms. The third kappa shape index (κ3) is 2.44. The van der Waals surface area contributed by atoms with Crippen LogP contribution < -0.4 is 0 Å². The number of hydrogen-bond acceptors (Lipinski definition) is 2. The van der Waals surface area contributed by atoms with Crippen LogP contribution in [0.4, 0.5) is 0 Å². The lowest BCUT2D eigenvalue weighted by molar-refractivity contribution is 0.0543. The molecular formula is C11H20O2. The van der Waals surface area contributed by atoms with Gasteiger partial charge in [0.05, 0.1) is 6.10 Å². The molecule has 2 heteroatoms. The van der Waals surface area contributed by atoms with Crippen LogP contribution in [0.5, 0.6) is 0 Å². The molecule has 2 aliphatic rings. The monoisotopic (exact) mass is 184 g/mol. The molecule has 2 nitrogen and oxygen atoms in total. The zero-order chi connectivity index (χ0) is 9.10. The van der Waals surface area contributed by atoms with E-state index in [1.165, 1.54) is 32.1 Å². The smallest absolute Gasteiger partial charge is 0.0568 e. The maximum Gasteiger partial charge on any atom is 0.0568 e. The van der Waals surface area contributed by atoms with E-state index < -0.39 is 0 Å². The van der Waals surface area contributed by atoms with Crippen molar-refractivity contribution in [2.75, 3.05) is 13.2 Å². The molecule has 3 unspecified atom stereocenters. The molecule has 13 heavy (non-hydrogen) atoms. The Morgan fingerprint density at radius 2 is 2.00 bits per heavy atom. The van der Waals surface area contributed by atoms with Crippen molar-refractivity contribution in [1.82, 2.24) is 0 Å². The highest BCUT2D eigenvalue weighted by Gasteiger charge is 2.27. The van der Waals surface area contributed by atoms with Crippen LogP contribution in [0.25, 0.3) is 0 Å². The van der Waals surface area contributed by atoms with Crippen LogP contribution in [0, 0.1) is 11.8 Å². The second-order valence-corrected chi connectivity index (χ2v) is 4.58. The molecule has 0 radical (unpaired) electrons. The molecule has 0 amide bonds. The van der Waals surface area contributed by atoms with Gasteiger partial charge in [-0.1, -0.05) is 12.8 Å². The van der Waals surface area contributed by atoms with Crippen molar-refractivity contribution in [3.63, 3.8) is 0 Å². The highest BCUT2D eigenvalue weighted by Crippen LogP contribution is 2.31. The minimum atomic E-state index is -0.0191. The second kappa shape index (κ2) is 4.43. The van der Waals surface area contributed by atoms with Gasteiger partial charge in [0, 0.05) is 13.2 Å². The van der Waals surface area contributed by atoms with E-state index in [2.05, 4.69) is 0 Å². The van der Waals surface area contributed by atoms with E-state index in [1.807, 2.05) is 0 Å². The Hall–Kier alpha value is -0.0800. The van der Waals surface area contributed by atoms with Gasteiger partial charge in [-0.05, 0) is 37.5 Å². The van der Waals surface area contributed by atoms with Gasteiger partial charge in [-0.25, -0.2) is 0 Å². The van der Waals surface area contributed by atoms with Crippen molar-refractivity contribution < 1.29 is 9.84 Å². The zero-order valence-electron chi connectivity index (χ0n) is 8.24. The number of rotatable bonds is 2. The third-order valence-electron chi connectivity index (χ3n) is 3.53. The van der Waals surface area contributed by atoms with Gasteiger partial charge < -0.3 is 9.84 Å². The minimum Gasteiger partial charge on any atom is -0.393 e.